The number of rotatable bonds is 3. The first-order valence-electron chi connectivity index (χ1n) is 6.13. The summed E-state index contributed by atoms with van der Waals surface area (Å²) in [5, 5.41) is 2.63. The molecule has 0 fully saturated rings. The minimum Gasteiger partial charge on any atom is -0.309 e. The summed E-state index contributed by atoms with van der Waals surface area (Å²) >= 11 is 2.86. The highest BCUT2D eigenvalue weighted by molar-refractivity contribution is 9.10. The van der Waals surface area contributed by atoms with E-state index in [-0.39, 0.29) is 21.2 Å². The van der Waals surface area contributed by atoms with Gasteiger partial charge in [0.1, 0.15) is 23.3 Å². The lowest BCUT2D eigenvalue weighted by molar-refractivity contribution is 0.499. The Labute approximate surface area is 128 Å². The van der Waals surface area contributed by atoms with Crippen LogP contribution in [-0.4, -0.2) is 7.05 Å². The van der Waals surface area contributed by atoms with Gasteiger partial charge in [-0.3, -0.25) is 0 Å². The summed E-state index contributed by atoms with van der Waals surface area (Å²) in [5.41, 5.74) is -0.274. The molecule has 6 heteroatoms. The van der Waals surface area contributed by atoms with Gasteiger partial charge in [0.15, 0.2) is 0 Å². The van der Waals surface area contributed by atoms with Crippen molar-refractivity contribution in [3.63, 3.8) is 0 Å². The van der Waals surface area contributed by atoms with E-state index in [0.717, 1.165) is 18.2 Å². The van der Waals surface area contributed by atoms with Gasteiger partial charge in [-0.1, -0.05) is 6.07 Å². The maximum atomic E-state index is 14.2. The van der Waals surface area contributed by atoms with Crippen molar-refractivity contribution < 1.29 is 17.6 Å². The number of hydrogen-bond acceptors (Lipinski definition) is 1. The van der Waals surface area contributed by atoms with Gasteiger partial charge in [-0.05, 0) is 53.7 Å². The van der Waals surface area contributed by atoms with Crippen LogP contribution < -0.4 is 5.32 Å². The van der Waals surface area contributed by atoms with Crippen LogP contribution in [-0.2, 0) is 0 Å². The highest BCUT2D eigenvalue weighted by Gasteiger charge is 2.25. The second-order valence-corrected chi connectivity index (χ2v) is 5.46. The van der Waals surface area contributed by atoms with Gasteiger partial charge in [0.05, 0.1) is 10.5 Å². The lowest BCUT2D eigenvalue weighted by Gasteiger charge is -2.20. The summed E-state index contributed by atoms with van der Waals surface area (Å²) in [5.74, 6) is -3.07. The number of aryl methyl sites for hydroxylation is 1. The van der Waals surface area contributed by atoms with Gasteiger partial charge in [-0.2, -0.15) is 0 Å². The van der Waals surface area contributed by atoms with Crippen LogP contribution in [0.4, 0.5) is 17.6 Å². The lowest BCUT2D eigenvalue weighted by atomic mass is 9.95. The van der Waals surface area contributed by atoms with Crippen molar-refractivity contribution in [2.45, 2.75) is 13.0 Å². The molecule has 0 bridgehead atoms. The maximum Gasteiger partial charge on any atom is 0.137 e. The Hall–Kier alpha value is -1.40. The second kappa shape index (κ2) is 6.15. The average molecular weight is 362 g/mol. The van der Waals surface area contributed by atoms with E-state index < -0.39 is 29.3 Å². The van der Waals surface area contributed by atoms with Gasteiger partial charge in [-0.25, -0.2) is 17.6 Å². The third-order valence-corrected chi connectivity index (χ3v) is 3.86. The molecule has 2 rings (SSSR count). The molecular weight excluding hydrogens is 350 g/mol. The summed E-state index contributed by atoms with van der Waals surface area (Å²) < 4.78 is 55.8. The molecule has 112 valence electrons. The summed E-state index contributed by atoms with van der Waals surface area (Å²) in [4.78, 5) is 0. The van der Waals surface area contributed by atoms with E-state index in [9.17, 15) is 17.6 Å². The van der Waals surface area contributed by atoms with Gasteiger partial charge in [0, 0.05) is 11.1 Å². The normalized spacial score (nSPS) is 12.5. The standard InChI is InChI=1S/C15H12BrF4N/c1-7-3-4-10(17)13(14(7)20)15(21-2)8-5-12(19)9(16)6-11(8)18/h3-6,15,21H,1-2H3. The molecule has 1 unspecified atom stereocenters. The van der Waals surface area contributed by atoms with Gasteiger partial charge in [-0.15, -0.1) is 0 Å². The summed E-state index contributed by atoms with van der Waals surface area (Å²) in [6.07, 6.45) is 0. The molecule has 1 atom stereocenters. The molecule has 0 saturated heterocycles. The first-order chi connectivity index (χ1) is 9.86. The Kier molecular flexibility index (Phi) is 4.68. The third-order valence-electron chi connectivity index (χ3n) is 3.25. The van der Waals surface area contributed by atoms with Crippen LogP contribution in [0.25, 0.3) is 0 Å². The zero-order chi connectivity index (χ0) is 15.7. The van der Waals surface area contributed by atoms with E-state index in [2.05, 4.69) is 21.2 Å². The third kappa shape index (κ3) is 2.96. The molecule has 0 radical (unpaired) electrons. The van der Waals surface area contributed by atoms with Gasteiger partial charge in [0.2, 0.25) is 0 Å². The molecule has 1 N–H and O–H groups in total. The Morgan fingerprint density at radius 1 is 1.00 bits per heavy atom. The highest BCUT2D eigenvalue weighted by Crippen LogP contribution is 2.32. The Balaban J connectivity index is 2.66. The molecule has 2 aromatic carbocycles. The molecular formula is C15H12BrF4N. The highest BCUT2D eigenvalue weighted by atomic mass is 79.9. The van der Waals surface area contributed by atoms with E-state index in [1.54, 1.807) is 0 Å². The van der Waals surface area contributed by atoms with E-state index in [1.807, 2.05) is 0 Å². The Bertz CT molecular complexity index is 688. The largest absolute Gasteiger partial charge is 0.309 e. The monoisotopic (exact) mass is 361 g/mol. The van der Waals surface area contributed by atoms with Crippen molar-refractivity contribution in [3.05, 3.63) is 68.7 Å². The van der Waals surface area contributed by atoms with E-state index in [0.29, 0.717) is 0 Å². The Morgan fingerprint density at radius 3 is 2.29 bits per heavy atom. The van der Waals surface area contributed by atoms with Crippen molar-refractivity contribution in [2.24, 2.45) is 0 Å². The molecule has 0 aliphatic heterocycles. The van der Waals surface area contributed by atoms with Crippen molar-refractivity contribution in [3.8, 4) is 0 Å². The van der Waals surface area contributed by atoms with Gasteiger partial charge < -0.3 is 5.32 Å². The van der Waals surface area contributed by atoms with E-state index >= 15 is 0 Å². The zero-order valence-electron chi connectivity index (χ0n) is 11.3. The van der Waals surface area contributed by atoms with Gasteiger partial charge in [0.25, 0.3) is 0 Å². The summed E-state index contributed by atoms with van der Waals surface area (Å²) in [6, 6.07) is 3.11. The first-order valence-corrected chi connectivity index (χ1v) is 6.92. The summed E-state index contributed by atoms with van der Waals surface area (Å²) in [6.45, 7) is 1.48. The molecule has 0 aromatic heterocycles. The fraction of sp³-hybridized carbons (Fsp3) is 0.200. The van der Waals surface area contributed by atoms with Crippen LogP contribution in [0.3, 0.4) is 0 Å². The smallest absolute Gasteiger partial charge is 0.137 e. The van der Waals surface area contributed by atoms with Crippen molar-refractivity contribution in [1.29, 1.82) is 0 Å². The molecule has 2 aromatic rings. The molecule has 0 aliphatic rings. The number of benzene rings is 2. The predicted molar refractivity (Wildman–Crippen MR) is 76.1 cm³/mol. The SMILES string of the molecule is CNC(c1cc(F)c(Br)cc1F)c1c(F)ccc(C)c1F. The molecule has 1 nitrogen and oxygen atoms in total. The number of hydrogen-bond donors (Lipinski definition) is 1. The lowest BCUT2D eigenvalue weighted by Crippen LogP contribution is -2.22. The second-order valence-electron chi connectivity index (χ2n) is 4.60. The summed E-state index contributed by atoms with van der Waals surface area (Å²) in [7, 11) is 1.42. The minimum absolute atomic E-state index is 0.0520. The fourth-order valence-electron chi connectivity index (χ4n) is 2.16. The van der Waals surface area contributed by atoms with Crippen LogP contribution in [0, 0.1) is 30.2 Å². The first kappa shape index (κ1) is 16.0. The average Bonchev–Trinajstić information content (AvgIpc) is 2.44. The number of nitrogens with one attached hydrogen (secondary N) is 1. The minimum atomic E-state index is -1.13. The Morgan fingerprint density at radius 2 is 1.67 bits per heavy atom. The predicted octanol–water partition coefficient (Wildman–Crippen LogP) is 4.62. The van der Waals surface area contributed by atoms with Crippen molar-refractivity contribution >= 4 is 15.9 Å². The van der Waals surface area contributed by atoms with E-state index in [1.165, 1.54) is 20.0 Å². The quantitative estimate of drug-likeness (QED) is 0.621. The molecule has 21 heavy (non-hydrogen) atoms. The van der Waals surface area contributed by atoms with Crippen LogP contribution in [0.5, 0.6) is 0 Å². The molecule has 0 saturated carbocycles. The fourth-order valence-corrected chi connectivity index (χ4v) is 2.47. The van der Waals surface area contributed by atoms with Gasteiger partial charge >= 0.3 is 0 Å². The van der Waals surface area contributed by atoms with Crippen molar-refractivity contribution in [2.75, 3.05) is 7.05 Å². The molecule has 0 heterocycles. The number of halogens is 5. The van der Waals surface area contributed by atoms with E-state index in [4.69, 9.17) is 0 Å². The zero-order valence-corrected chi connectivity index (χ0v) is 12.9. The van der Waals surface area contributed by atoms with Crippen LogP contribution >= 0.6 is 15.9 Å². The van der Waals surface area contributed by atoms with Crippen molar-refractivity contribution in [1.82, 2.24) is 5.32 Å². The topological polar surface area (TPSA) is 12.0 Å². The van der Waals surface area contributed by atoms with Crippen LogP contribution in [0.2, 0.25) is 0 Å². The van der Waals surface area contributed by atoms with Crippen LogP contribution in [0.15, 0.2) is 28.7 Å². The molecule has 0 amide bonds. The maximum absolute atomic E-state index is 14.2. The molecule has 0 spiro atoms. The molecule has 0 aliphatic carbocycles. The van der Waals surface area contributed by atoms with Crippen LogP contribution in [0.1, 0.15) is 22.7 Å².